The Morgan fingerprint density at radius 1 is 1.00 bits per heavy atom. The van der Waals surface area contributed by atoms with Crippen LogP contribution in [-0.4, -0.2) is 17.7 Å². The Morgan fingerprint density at radius 3 is 1.54 bits per heavy atom. The van der Waals surface area contributed by atoms with Crippen LogP contribution >= 0.6 is 0 Å². The second kappa shape index (κ2) is 4.84. The third-order valence-corrected chi connectivity index (χ3v) is 1.30. The molecule has 0 amide bonds. The molecule has 0 aromatic carbocycles. The molecule has 0 atom stereocenters. The van der Waals surface area contributed by atoms with Crippen molar-refractivity contribution in [2.24, 2.45) is 0 Å². The average molecular weight is 188 g/mol. The first-order valence-corrected chi connectivity index (χ1v) is 4.35. The van der Waals surface area contributed by atoms with Crippen LogP contribution in [0.15, 0.2) is 0 Å². The number of hydrogen-bond acceptors (Lipinski definition) is 4. The molecule has 0 heterocycles. The molecule has 0 aliphatic heterocycles. The predicted octanol–water partition coefficient (Wildman–Crippen LogP) is 1.63. The van der Waals surface area contributed by atoms with Gasteiger partial charge in [0.2, 0.25) is 0 Å². The van der Waals surface area contributed by atoms with Gasteiger partial charge in [0, 0.05) is 26.7 Å². The fourth-order valence-electron chi connectivity index (χ4n) is 0.713. The minimum atomic E-state index is -1.15. The van der Waals surface area contributed by atoms with Gasteiger partial charge in [-0.1, -0.05) is 13.8 Å². The minimum absolute atomic E-state index is 0.271. The Labute approximate surface area is 78.2 Å². The van der Waals surface area contributed by atoms with Crippen LogP contribution in [0.25, 0.3) is 0 Å². The van der Waals surface area contributed by atoms with E-state index in [4.69, 9.17) is 9.47 Å². The van der Waals surface area contributed by atoms with Gasteiger partial charge in [0.15, 0.2) is 0 Å². The van der Waals surface area contributed by atoms with Crippen LogP contribution in [-0.2, 0) is 19.1 Å². The molecule has 4 heteroatoms. The van der Waals surface area contributed by atoms with Gasteiger partial charge in [0.05, 0.1) is 0 Å². The van der Waals surface area contributed by atoms with Crippen molar-refractivity contribution < 1.29 is 19.1 Å². The van der Waals surface area contributed by atoms with Gasteiger partial charge in [-0.15, -0.1) is 0 Å². The molecule has 0 aliphatic rings. The van der Waals surface area contributed by atoms with E-state index in [1.54, 1.807) is 13.8 Å². The van der Waals surface area contributed by atoms with Crippen LogP contribution in [0.4, 0.5) is 0 Å². The molecular weight excluding hydrogens is 172 g/mol. The van der Waals surface area contributed by atoms with E-state index < -0.39 is 5.79 Å². The van der Waals surface area contributed by atoms with Crippen molar-refractivity contribution in [2.75, 3.05) is 0 Å². The smallest absolute Gasteiger partial charge is 0.308 e. The molecule has 0 saturated carbocycles. The van der Waals surface area contributed by atoms with Gasteiger partial charge in [-0.25, -0.2) is 0 Å². The molecule has 0 unspecified atom stereocenters. The second-order valence-electron chi connectivity index (χ2n) is 3.06. The summed E-state index contributed by atoms with van der Waals surface area (Å²) in [4.78, 5) is 21.8. The Balaban J connectivity index is 4.07. The third kappa shape index (κ3) is 5.22. The molecule has 0 fully saturated rings. The zero-order valence-corrected chi connectivity index (χ0v) is 8.55. The van der Waals surface area contributed by atoms with E-state index in [9.17, 15) is 9.59 Å². The van der Waals surface area contributed by atoms with E-state index >= 15 is 0 Å². The van der Waals surface area contributed by atoms with E-state index in [1.807, 2.05) is 0 Å². The van der Waals surface area contributed by atoms with Gasteiger partial charge in [-0.2, -0.15) is 0 Å². The summed E-state index contributed by atoms with van der Waals surface area (Å²) in [7, 11) is 0. The molecule has 0 aromatic rings. The van der Waals surface area contributed by atoms with Crippen molar-refractivity contribution in [1.29, 1.82) is 0 Å². The average Bonchev–Trinajstić information content (AvgIpc) is 2.02. The summed E-state index contributed by atoms with van der Waals surface area (Å²) in [5.74, 6) is -1.91. The largest absolute Gasteiger partial charge is 0.423 e. The van der Waals surface area contributed by atoms with Gasteiger partial charge in [0.25, 0.3) is 5.79 Å². The van der Waals surface area contributed by atoms with Crippen molar-refractivity contribution in [3.05, 3.63) is 0 Å². The Morgan fingerprint density at radius 2 is 1.31 bits per heavy atom. The summed E-state index contributed by atoms with van der Waals surface area (Å²) in [5, 5.41) is 0. The standard InChI is InChI=1S/C9H16O4/c1-5-7(10)12-9(3,4)13-8(11)6-2/h5-6H2,1-4H3. The maximum Gasteiger partial charge on any atom is 0.308 e. The minimum Gasteiger partial charge on any atom is -0.423 e. The highest BCUT2D eigenvalue weighted by molar-refractivity contribution is 5.71. The number of ether oxygens (including phenoxy) is 2. The zero-order chi connectivity index (χ0) is 10.5. The summed E-state index contributed by atoms with van der Waals surface area (Å²) in [5.41, 5.74) is 0. The molecule has 0 aromatic heterocycles. The van der Waals surface area contributed by atoms with Gasteiger partial charge in [-0.05, 0) is 0 Å². The summed E-state index contributed by atoms with van der Waals surface area (Å²) >= 11 is 0. The summed E-state index contributed by atoms with van der Waals surface area (Å²) in [6.07, 6.45) is 0.542. The van der Waals surface area contributed by atoms with Gasteiger partial charge >= 0.3 is 11.9 Å². The van der Waals surface area contributed by atoms with Crippen molar-refractivity contribution in [3.63, 3.8) is 0 Å². The molecule has 0 aliphatic carbocycles. The fourth-order valence-corrected chi connectivity index (χ4v) is 0.713. The molecule has 0 saturated heterocycles. The van der Waals surface area contributed by atoms with Crippen LogP contribution in [0.5, 0.6) is 0 Å². The lowest BCUT2D eigenvalue weighted by atomic mass is 10.3. The molecule has 0 N–H and O–H groups in total. The van der Waals surface area contributed by atoms with Crippen LogP contribution in [0, 0.1) is 0 Å². The zero-order valence-electron chi connectivity index (χ0n) is 8.55. The Hall–Kier alpha value is -1.06. The predicted molar refractivity (Wildman–Crippen MR) is 46.8 cm³/mol. The van der Waals surface area contributed by atoms with Crippen molar-refractivity contribution in [2.45, 2.75) is 46.3 Å². The number of carbonyl (C=O) groups is 2. The van der Waals surface area contributed by atoms with E-state index in [0.29, 0.717) is 0 Å². The van der Waals surface area contributed by atoms with Gasteiger partial charge in [-0.3, -0.25) is 9.59 Å². The molecule has 76 valence electrons. The van der Waals surface area contributed by atoms with Crippen LogP contribution in [0.1, 0.15) is 40.5 Å². The molecule has 13 heavy (non-hydrogen) atoms. The highest BCUT2D eigenvalue weighted by atomic mass is 16.7. The van der Waals surface area contributed by atoms with E-state index in [-0.39, 0.29) is 24.8 Å². The van der Waals surface area contributed by atoms with E-state index in [1.165, 1.54) is 13.8 Å². The first kappa shape index (κ1) is 11.9. The first-order chi connectivity index (χ1) is 5.91. The lowest BCUT2D eigenvalue weighted by Crippen LogP contribution is -2.33. The van der Waals surface area contributed by atoms with Crippen LogP contribution < -0.4 is 0 Å². The highest BCUT2D eigenvalue weighted by Crippen LogP contribution is 2.13. The molecule has 0 spiro atoms. The summed E-state index contributed by atoms with van der Waals surface area (Å²) in [6.45, 7) is 6.43. The molecule has 0 rings (SSSR count). The van der Waals surface area contributed by atoms with E-state index in [0.717, 1.165) is 0 Å². The van der Waals surface area contributed by atoms with Crippen molar-refractivity contribution >= 4 is 11.9 Å². The molecule has 4 nitrogen and oxygen atoms in total. The molecule has 0 bridgehead atoms. The maximum absolute atomic E-state index is 10.9. The van der Waals surface area contributed by atoms with E-state index in [2.05, 4.69) is 0 Å². The summed E-state index contributed by atoms with van der Waals surface area (Å²) in [6, 6.07) is 0. The molecular formula is C9H16O4. The van der Waals surface area contributed by atoms with Crippen LogP contribution in [0.3, 0.4) is 0 Å². The summed E-state index contributed by atoms with van der Waals surface area (Å²) < 4.78 is 9.75. The lowest BCUT2D eigenvalue weighted by molar-refractivity contribution is -0.215. The topological polar surface area (TPSA) is 52.6 Å². The van der Waals surface area contributed by atoms with Gasteiger partial charge in [0.1, 0.15) is 0 Å². The number of esters is 2. The number of rotatable bonds is 4. The first-order valence-electron chi connectivity index (χ1n) is 4.35. The lowest BCUT2D eigenvalue weighted by Gasteiger charge is -2.24. The third-order valence-electron chi connectivity index (χ3n) is 1.30. The fraction of sp³-hybridized carbons (Fsp3) is 0.778. The van der Waals surface area contributed by atoms with Gasteiger partial charge < -0.3 is 9.47 Å². The quantitative estimate of drug-likeness (QED) is 0.497. The normalized spacial score (nSPS) is 10.8. The monoisotopic (exact) mass is 188 g/mol. The number of hydrogen-bond donors (Lipinski definition) is 0. The highest BCUT2D eigenvalue weighted by Gasteiger charge is 2.25. The SMILES string of the molecule is CCC(=O)OC(C)(C)OC(=O)CC. The van der Waals surface area contributed by atoms with Crippen molar-refractivity contribution in [3.8, 4) is 0 Å². The number of carbonyl (C=O) groups excluding carboxylic acids is 2. The second-order valence-corrected chi connectivity index (χ2v) is 3.06. The molecule has 0 radical (unpaired) electrons. The van der Waals surface area contributed by atoms with Crippen LogP contribution in [0.2, 0.25) is 0 Å². The maximum atomic E-state index is 10.9. The van der Waals surface area contributed by atoms with Crippen molar-refractivity contribution in [1.82, 2.24) is 0 Å². The Bertz CT molecular complexity index is 176. The Kier molecular flexibility index (Phi) is 4.45.